The molecule has 2 amide bonds. The van der Waals surface area contributed by atoms with Crippen LogP contribution in [0.4, 0.5) is 0 Å². The molecule has 7 nitrogen and oxygen atoms in total. The fraction of sp³-hybridized carbons (Fsp3) is 0.200. The number of nitrogens with one attached hydrogen (secondary N) is 2. The first kappa shape index (κ1) is 14.1. The third kappa shape index (κ3) is 4.52. The Hall–Kier alpha value is -1.93. The van der Waals surface area contributed by atoms with Crippen LogP contribution in [0.2, 0.25) is 0 Å². The van der Waals surface area contributed by atoms with E-state index in [4.69, 9.17) is 5.14 Å². The summed E-state index contributed by atoms with van der Waals surface area (Å²) in [5, 5.41) is 4.93. The van der Waals surface area contributed by atoms with Gasteiger partial charge in [0, 0.05) is 12.5 Å². The van der Waals surface area contributed by atoms with Crippen LogP contribution in [-0.2, 0) is 20.6 Å². The van der Waals surface area contributed by atoms with Crippen LogP contribution < -0.4 is 16.0 Å². The molecule has 18 heavy (non-hydrogen) atoms. The average molecular weight is 271 g/mol. The molecule has 0 bridgehead atoms. The highest BCUT2D eigenvalue weighted by Gasteiger charge is 2.14. The second-order valence-corrected chi connectivity index (χ2v) is 5.21. The van der Waals surface area contributed by atoms with E-state index in [1.54, 1.807) is 12.1 Å². The molecule has 0 unspecified atom stereocenters. The molecule has 0 saturated carbocycles. The zero-order chi connectivity index (χ0) is 13.8. The summed E-state index contributed by atoms with van der Waals surface area (Å²) in [6, 6.07) is 6.09. The van der Waals surface area contributed by atoms with Crippen LogP contribution in [0.25, 0.3) is 0 Å². The molecule has 8 heteroatoms. The molecule has 0 atom stereocenters. The van der Waals surface area contributed by atoms with Crippen molar-refractivity contribution in [2.24, 2.45) is 5.14 Å². The van der Waals surface area contributed by atoms with Crippen molar-refractivity contribution in [3.05, 3.63) is 35.4 Å². The van der Waals surface area contributed by atoms with Crippen molar-refractivity contribution >= 4 is 21.8 Å². The minimum absolute atomic E-state index is 0.139. The monoisotopic (exact) mass is 271 g/mol. The van der Waals surface area contributed by atoms with E-state index >= 15 is 0 Å². The minimum atomic E-state index is -3.73. The maximum atomic E-state index is 11.7. The van der Waals surface area contributed by atoms with Crippen LogP contribution in [0.15, 0.2) is 24.3 Å². The van der Waals surface area contributed by atoms with Crippen molar-refractivity contribution in [1.82, 2.24) is 10.9 Å². The van der Waals surface area contributed by atoms with Crippen molar-refractivity contribution in [1.29, 1.82) is 0 Å². The molecule has 98 valence electrons. The number of carbonyl (C=O) groups excluding carboxylic acids is 2. The maximum Gasteiger partial charge on any atom is 0.269 e. The summed E-state index contributed by atoms with van der Waals surface area (Å²) in [4.78, 5) is 22.3. The second kappa shape index (κ2) is 5.61. The van der Waals surface area contributed by atoms with Gasteiger partial charge in [0.2, 0.25) is 15.9 Å². The van der Waals surface area contributed by atoms with E-state index in [-0.39, 0.29) is 11.1 Å². The summed E-state index contributed by atoms with van der Waals surface area (Å²) in [7, 11) is -3.73. The lowest BCUT2D eigenvalue weighted by molar-refractivity contribution is -0.119. The number of primary sulfonamides is 1. The van der Waals surface area contributed by atoms with E-state index in [2.05, 4.69) is 10.9 Å². The third-order valence-corrected chi connectivity index (χ3v) is 2.68. The third-order valence-electron chi connectivity index (χ3n) is 1.97. The van der Waals surface area contributed by atoms with Crippen LogP contribution in [0, 0.1) is 0 Å². The van der Waals surface area contributed by atoms with Crippen LogP contribution in [0.1, 0.15) is 22.8 Å². The van der Waals surface area contributed by atoms with Crippen molar-refractivity contribution in [3.8, 4) is 0 Å². The molecule has 0 saturated heterocycles. The number of hydrazine groups is 1. The van der Waals surface area contributed by atoms with Gasteiger partial charge in [-0.3, -0.25) is 20.4 Å². The Labute approximate surface area is 104 Å². The minimum Gasteiger partial charge on any atom is -0.274 e. The van der Waals surface area contributed by atoms with Crippen molar-refractivity contribution < 1.29 is 18.0 Å². The molecular formula is C10H13N3O4S. The summed E-state index contributed by atoms with van der Waals surface area (Å²) < 4.78 is 22.0. The van der Waals surface area contributed by atoms with Gasteiger partial charge in [0.1, 0.15) is 0 Å². The number of rotatable bonds is 3. The number of amides is 2. The van der Waals surface area contributed by atoms with E-state index in [0.717, 1.165) is 0 Å². The average Bonchev–Trinajstić information content (AvgIpc) is 2.24. The number of nitrogens with two attached hydrogens (primary N) is 1. The number of carbonyl (C=O) groups is 2. The van der Waals surface area contributed by atoms with E-state index in [1.807, 2.05) is 0 Å². The van der Waals surface area contributed by atoms with Gasteiger partial charge < -0.3 is 0 Å². The first-order valence-corrected chi connectivity index (χ1v) is 6.66. The first-order chi connectivity index (χ1) is 8.29. The summed E-state index contributed by atoms with van der Waals surface area (Å²) in [6.45, 7) is 1.23. The smallest absolute Gasteiger partial charge is 0.269 e. The molecule has 0 heterocycles. The number of hydrogen-bond donors (Lipinski definition) is 3. The van der Waals surface area contributed by atoms with Crippen molar-refractivity contribution in [3.63, 3.8) is 0 Å². The van der Waals surface area contributed by atoms with Gasteiger partial charge in [-0.1, -0.05) is 18.2 Å². The lowest BCUT2D eigenvalue weighted by atomic mass is 10.1. The second-order valence-electron chi connectivity index (χ2n) is 3.60. The van der Waals surface area contributed by atoms with E-state index < -0.39 is 27.6 Å². The molecule has 1 rings (SSSR count). The molecule has 0 fully saturated rings. The van der Waals surface area contributed by atoms with Crippen molar-refractivity contribution in [2.45, 2.75) is 12.7 Å². The summed E-state index contributed by atoms with van der Waals surface area (Å²) in [5.74, 6) is -1.49. The highest BCUT2D eigenvalue weighted by Crippen LogP contribution is 2.11. The van der Waals surface area contributed by atoms with Gasteiger partial charge in [-0.15, -0.1) is 0 Å². The predicted octanol–water partition coefficient (Wildman–Crippen LogP) is -0.744. The van der Waals surface area contributed by atoms with Crippen LogP contribution in [0.3, 0.4) is 0 Å². The Morgan fingerprint density at radius 2 is 1.83 bits per heavy atom. The SMILES string of the molecule is CC(=O)NNC(=O)c1ccccc1CS(N)(=O)=O. The van der Waals surface area contributed by atoms with E-state index in [0.29, 0.717) is 0 Å². The normalized spacial score (nSPS) is 10.8. The number of sulfonamides is 1. The van der Waals surface area contributed by atoms with Crippen LogP contribution >= 0.6 is 0 Å². The van der Waals surface area contributed by atoms with Crippen molar-refractivity contribution in [2.75, 3.05) is 0 Å². The van der Waals surface area contributed by atoms with Gasteiger partial charge in [0.25, 0.3) is 5.91 Å². The molecular weight excluding hydrogens is 258 g/mol. The predicted molar refractivity (Wildman–Crippen MR) is 64.5 cm³/mol. The van der Waals surface area contributed by atoms with Gasteiger partial charge in [-0.2, -0.15) is 0 Å². The largest absolute Gasteiger partial charge is 0.274 e. The lowest BCUT2D eigenvalue weighted by Gasteiger charge is -2.09. The molecule has 1 aromatic carbocycles. The molecule has 0 aliphatic carbocycles. The quantitative estimate of drug-likeness (QED) is 0.627. The van der Waals surface area contributed by atoms with E-state index in [9.17, 15) is 18.0 Å². The maximum absolute atomic E-state index is 11.7. The fourth-order valence-corrected chi connectivity index (χ4v) is 1.98. The topological polar surface area (TPSA) is 118 Å². The van der Waals surface area contributed by atoms with Gasteiger partial charge in [0.15, 0.2) is 0 Å². The Balaban J connectivity index is 2.94. The lowest BCUT2D eigenvalue weighted by Crippen LogP contribution is -2.40. The molecule has 0 radical (unpaired) electrons. The Morgan fingerprint density at radius 1 is 1.22 bits per heavy atom. The molecule has 1 aromatic rings. The summed E-state index contributed by atoms with van der Waals surface area (Å²) in [5.41, 5.74) is 4.67. The van der Waals surface area contributed by atoms with Gasteiger partial charge in [0.05, 0.1) is 5.75 Å². The molecule has 0 aliphatic heterocycles. The summed E-state index contributed by atoms with van der Waals surface area (Å²) >= 11 is 0. The molecule has 0 spiro atoms. The summed E-state index contributed by atoms with van der Waals surface area (Å²) in [6.07, 6.45) is 0. The Kier molecular flexibility index (Phi) is 4.40. The first-order valence-electron chi connectivity index (χ1n) is 4.95. The standard InChI is InChI=1S/C10H13N3O4S/c1-7(14)12-13-10(15)9-5-3-2-4-8(9)6-18(11,16)17/h2-5H,6H2,1H3,(H,12,14)(H,13,15)(H2,11,16,17). The molecule has 4 N–H and O–H groups in total. The molecule has 0 aromatic heterocycles. The Bertz CT molecular complexity index is 568. The number of benzene rings is 1. The fourth-order valence-electron chi connectivity index (χ4n) is 1.30. The van der Waals surface area contributed by atoms with E-state index in [1.165, 1.54) is 19.1 Å². The van der Waals surface area contributed by atoms with Gasteiger partial charge >= 0.3 is 0 Å². The van der Waals surface area contributed by atoms with Gasteiger partial charge in [-0.05, 0) is 11.6 Å². The number of hydrogen-bond acceptors (Lipinski definition) is 4. The zero-order valence-corrected chi connectivity index (χ0v) is 10.5. The van der Waals surface area contributed by atoms with Gasteiger partial charge in [-0.25, -0.2) is 13.6 Å². The van der Waals surface area contributed by atoms with Crippen LogP contribution in [-0.4, -0.2) is 20.2 Å². The van der Waals surface area contributed by atoms with Crippen LogP contribution in [0.5, 0.6) is 0 Å². The Morgan fingerprint density at radius 3 is 2.39 bits per heavy atom. The highest BCUT2D eigenvalue weighted by molar-refractivity contribution is 7.88. The zero-order valence-electron chi connectivity index (χ0n) is 9.64. The molecule has 0 aliphatic rings. The highest BCUT2D eigenvalue weighted by atomic mass is 32.2.